The summed E-state index contributed by atoms with van der Waals surface area (Å²) in [5, 5.41) is 2.98. The maximum Gasteiger partial charge on any atom is 0.111 e. The zero-order valence-corrected chi connectivity index (χ0v) is 12.0. The molecule has 3 nitrogen and oxygen atoms in total. The molecule has 1 N–H and O–H groups in total. The molecule has 0 aromatic heterocycles. The number of allylic oxidation sites excluding steroid dienone is 3. The maximum absolute atomic E-state index is 5.68. The number of rotatable bonds is 11. The number of unbranched alkanes of at least 4 members (excludes halogenated alkanes) is 1. The minimum atomic E-state index is 0.587. The highest BCUT2D eigenvalue weighted by Crippen LogP contribution is 2.07. The first-order chi connectivity index (χ1) is 8.74. The third-order valence-electron chi connectivity index (χ3n) is 2.37. The van der Waals surface area contributed by atoms with E-state index in [1.165, 1.54) is 0 Å². The Kier molecular flexibility index (Phi) is 11.4. The van der Waals surface area contributed by atoms with Gasteiger partial charge in [0.2, 0.25) is 0 Å². The van der Waals surface area contributed by atoms with Gasteiger partial charge in [-0.3, -0.25) is 0 Å². The number of nitrogens with one attached hydrogen (secondary N) is 1. The fourth-order valence-electron chi connectivity index (χ4n) is 1.24. The highest BCUT2D eigenvalue weighted by atomic mass is 16.5. The second-order valence-corrected chi connectivity index (χ2v) is 3.97. The molecule has 0 saturated carbocycles. The predicted octanol–water partition coefficient (Wildman–Crippen LogP) is 3.40. The fraction of sp³-hybridized carbons (Fsp3) is 0.600. The van der Waals surface area contributed by atoms with Crippen LogP contribution in [0, 0.1) is 0 Å². The quantitative estimate of drug-likeness (QED) is 0.265. The molecule has 0 fully saturated rings. The molecule has 0 radical (unpaired) electrons. The minimum absolute atomic E-state index is 0.587. The second kappa shape index (κ2) is 12.2. The van der Waals surface area contributed by atoms with E-state index >= 15 is 0 Å². The first-order valence-electron chi connectivity index (χ1n) is 6.63. The first kappa shape index (κ1) is 16.8. The molecule has 0 amide bonds. The average Bonchev–Trinajstić information content (AvgIpc) is 2.39. The monoisotopic (exact) mass is 253 g/mol. The third kappa shape index (κ3) is 9.97. The molecule has 0 saturated heterocycles. The van der Waals surface area contributed by atoms with Crippen molar-refractivity contribution in [3.05, 3.63) is 36.3 Å². The van der Waals surface area contributed by atoms with Crippen LogP contribution in [0.25, 0.3) is 0 Å². The SMILES string of the molecule is C=C(/C=C(\C/C=C\C)OCCOCCCC)NC. The van der Waals surface area contributed by atoms with Crippen LogP contribution in [0.1, 0.15) is 33.1 Å². The number of likely N-dealkylation sites (N-methyl/N-ethyl adjacent to an activating group) is 1. The Balaban J connectivity index is 3.94. The zero-order valence-electron chi connectivity index (χ0n) is 12.0. The van der Waals surface area contributed by atoms with Gasteiger partial charge in [0.1, 0.15) is 12.4 Å². The van der Waals surface area contributed by atoms with Gasteiger partial charge in [-0.15, -0.1) is 0 Å². The summed E-state index contributed by atoms with van der Waals surface area (Å²) in [6, 6.07) is 0. The van der Waals surface area contributed by atoms with Crippen molar-refractivity contribution < 1.29 is 9.47 Å². The molecular formula is C15H27NO2. The van der Waals surface area contributed by atoms with E-state index in [9.17, 15) is 0 Å². The van der Waals surface area contributed by atoms with Gasteiger partial charge in [-0.2, -0.15) is 0 Å². The standard InChI is InChI=1S/C15H27NO2/c1-5-7-9-15(13-14(3)16-4)18-12-11-17-10-8-6-2/h5,7,13,16H,3,6,8-12H2,1-2,4H3/b7-5-,15-13+. The van der Waals surface area contributed by atoms with Crippen molar-refractivity contribution in [1.82, 2.24) is 5.32 Å². The van der Waals surface area contributed by atoms with E-state index < -0.39 is 0 Å². The summed E-state index contributed by atoms with van der Waals surface area (Å²) in [6.45, 7) is 10.1. The van der Waals surface area contributed by atoms with Gasteiger partial charge in [0.15, 0.2) is 0 Å². The molecule has 0 aliphatic carbocycles. The smallest absolute Gasteiger partial charge is 0.111 e. The second-order valence-electron chi connectivity index (χ2n) is 3.97. The first-order valence-corrected chi connectivity index (χ1v) is 6.63. The Morgan fingerprint density at radius 1 is 1.28 bits per heavy atom. The number of ether oxygens (including phenoxy) is 2. The van der Waals surface area contributed by atoms with Gasteiger partial charge in [-0.1, -0.05) is 32.1 Å². The van der Waals surface area contributed by atoms with E-state index in [4.69, 9.17) is 9.47 Å². The summed E-state index contributed by atoms with van der Waals surface area (Å²) in [6.07, 6.45) is 9.05. The summed E-state index contributed by atoms with van der Waals surface area (Å²) in [7, 11) is 1.85. The van der Waals surface area contributed by atoms with Gasteiger partial charge >= 0.3 is 0 Å². The molecule has 0 aliphatic rings. The molecule has 0 heterocycles. The molecule has 0 unspecified atom stereocenters. The lowest BCUT2D eigenvalue weighted by Gasteiger charge is -2.10. The molecule has 0 aliphatic heterocycles. The van der Waals surface area contributed by atoms with E-state index in [-0.39, 0.29) is 0 Å². The molecule has 0 aromatic carbocycles. The normalized spacial score (nSPS) is 11.8. The molecule has 0 aromatic rings. The van der Waals surface area contributed by atoms with Gasteiger partial charge in [-0.25, -0.2) is 0 Å². The van der Waals surface area contributed by atoms with Crippen LogP contribution in [0.5, 0.6) is 0 Å². The van der Waals surface area contributed by atoms with E-state index in [0.717, 1.165) is 37.3 Å². The van der Waals surface area contributed by atoms with Gasteiger partial charge in [0.05, 0.1) is 6.61 Å². The molecule has 0 bridgehead atoms. The van der Waals surface area contributed by atoms with Crippen LogP contribution < -0.4 is 5.32 Å². The summed E-state index contributed by atoms with van der Waals surface area (Å²) >= 11 is 0. The van der Waals surface area contributed by atoms with E-state index in [1.807, 2.05) is 26.1 Å². The van der Waals surface area contributed by atoms with E-state index in [0.29, 0.717) is 13.2 Å². The summed E-state index contributed by atoms with van der Waals surface area (Å²) in [5.74, 6) is 0.909. The average molecular weight is 253 g/mol. The molecule has 0 atom stereocenters. The van der Waals surface area contributed by atoms with Crippen LogP contribution in [0.3, 0.4) is 0 Å². The Hall–Kier alpha value is -1.22. The van der Waals surface area contributed by atoms with Crippen molar-refractivity contribution >= 4 is 0 Å². The zero-order chi connectivity index (χ0) is 13.6. The van der Waals surface area contributed by atoms with Crippen molar-refractivity contribution in [2.45, 2.75) is 33.1 Å². The van der Waals surface area contributed by atoms with Gasteiger partial charge in [-0.05, 0) is 19.4 Å². The van der Waals surface area contributed by atoms with Crippen LogP contribution in [0.4, 0.5) is 0 Å². The van der Waals surface area contributed by atoms with Crippen LogP contribution >= 0.6 is 0 Å². The number of hydrogen-bond donors (Lipinski definition) is 1. The predicted molar refractivity (Wildman–Crippen MR) is 77.4 cm³/mol. The Morgan fingerprint density at radius 3 is 2.67 bits per heavy atom. The Labute approximate surface area is 112 Å². The van der Waals surface area contributed by atoms with Crippen LogP contribution in [0.2, 0.25) is 0 Å². The van der Waals surface area contributed by atoms with Crippen LogP contribution in [-0.4, -0.2) is 26.9 Å². The van der Waals surface area contributed by atoms with Gasteiger partial charge < -0.3 is 14.8 Å². The highest BCUT2D eigenvalue weighted by molar-refractivity contribution is 5.17. The largest absolute Gasteiger partial charge is 0.495 e. The lowest BCUT2D eigenvalue weighted by Crippen LogP contribution is -2.07. The van der Waals surface area contributed by atoms with E-state index in [1.54, 1.807) is 0 Å². The molecule has 0 spiro atoms. The maximum atomic E-state index is 5.68. The Morgan fingerprint density at radius 2 is 2.06 bits per heavy atom. The topological polar surface area (TPSA) is 30.5 Å². The van der Waals surface area contributed by atoms with Crippen molar-refractivity contribution in [3.63, 3.8) is 0 Å². The number of hydrogen-bond acceptors (Lipinski definition) is 3. The van der Waals surface area contributed by atoms with Crippen molar-refractivity contribution in [3.8, 4) is 0 Å². The fourth-order valence-corrected chi connectivity index (χ4v) is 1.24. The van der Waals surface area contributed by atoms with Crippen molar-refractivity contribution in [2.24, 2.45) is 0 Å². The highest BCUT2D eigenvalue weighted by Gasteiger charge is 1.97. The molecule has 18 heavy (non-hydrogen) atoms. The molecular weight excluding hydrogens is 226 g/mol. The van der Waals surface area contributed by atoms with Gasteiger partial charge in [0, 0.05) is 25.8 Å². The molecule has 3 heteroatoms. The summed E-state index contributed by atoms with van der Waals surface area (Å²) in [4.78, 5) is 0. The molecule has 0 rings (SSSR count). The Bertz CT molecular complexity index is 270. The molecule has 104 valence electrons. The summed E-state index contributed by atoms with van der Waals surface area (Å²) in [5.41, 5.74) is 0.849. The third-order valence-corrected chi connectivity index (χ3v) is 2.37. The van der Waals surface area contributed by atoms with Crippen molar-refractivity contribution in [1.29, 1.82) is 0 Å². The van der Waals surface area contributed by atoms with Crippen LogP contribution in [0.15, 0.2) is 36.3 Å². The van der Waals surface area contributed by atoms with Crippen LogP contribution in [-0.2, 0) is 9.47 Å². The minimum Gasteiger partial charge on any atom is -0.495 e. The van der Waals surface area contributed by atoms with Gasteiger partial charge in [0.25, 0.3) is 0 Å². The van der Waals surface area contributed by atoms with Crippen molar-refractivity contribution in [2.75, 3.05) is 26.9 Å². The lowest BCUT2D eigenvalue weighted by molar-refractivity contribution is 0.0730. The lowest BCUT2D eigenvalue weighted by atomic mass is 10.3. The summed E-state index contributed by atoms with van der Waals surface area (Å²) < 4.78 is 11.1. The van der Waals surface area contributed by atoms with E-state index in [2.05, 4.69) is 24.9 Å².